The molecule has 2 aromatic carbocycles. The van der Waals surface area contributed by atoms with Gasteiger partial charge in [0, 0.05) is 12.2 Å². The summed E-state index contributed by atoms with van der Waals surface area (Å²) in [4.78, 5) is 26.1. The Bertz CT molecular complexity index is 779. The maximum Gasteiger partial charge on any atom is 0.252 e. The SMILES string of the molecule is COc1ccc(N[C@H]2CC(=O)N(CCc3ccccc3)C2=O)cc1Cl. The molecule has 0 bridgehead atoms. The fraction of sp³-hybridized carbons (Fsp3) is 0.263. The Morgan fingerprint density at radius 1 is 1.20 bits per heavy atom. The molecule has 1 atom stereocenters. The minimum absolute atomic E-state index is 0.150. The van der Waals surface area contributed by atoms with Crippen LogP contribution >= 0.6 is 11.6 Å². The first kappa shape index (κ1) is 17.3. The monoisotopic (exact) mass is 358 g/mol. The molecular formula is C19H19ClN2O3. The van der Waals surface area contributed by atoms with Crippen LogP contribution in [0.2, 0.25) is 5.02 Å². The summed E-state index contributed by atoms with van der Waals surface area (Å²) < 4.78 is 5.11. The number of amides is 2. The van der Waals surface area contributed by atoms with Crippen LogP contribution in [0.25, 0.3) is 0 Å². The molecule has 25 heavy (non-hydrogen) atoms. The van der Waals surface area contributed by atoms with Crippen molar-refractivity contribution in [2.24, 2.45) is 0 Å². The highest BCUT2D eigenvalue weighted by Crippen LogP contribution is 2.28. The van der Waals surface area contributed by atoms with Gasteiger partial charge in [-0.05, 0) is 30.2 Å². The van der Waals surface area contributed by atoms with Crippen molar-refractivity contribution in [3.05, 3.63) is 59.1 Å². The van der Waals surface area contributed by atoms with E-state index in [4.69, 9.17) is 16.3 Å². The Labute approximate surface area is 151 Å². The first-order valence-electron chi connectivity index (χ1n) is 8.06. The van der Waals surface area contributed by atoms with Crippen molar-refractivity contribution < 1.29 is 14.3 Å². The van der Waals surface area contributed by atoms with Gasteiger partial charge in [-0.1, -0.05) is 41.9 Å². The number of likely N-dealkylation sites (tertiary alicyclic amines) is 1. The number of carbonyl (C=O) groups is 2. The number of halogens is 1. The zero-order chi connectivity index (χ0) is 17.8. The highest BCUT2D eigenvalue weighted by Gasteiger charge is 2.38. The first-order valence-corrected chi connectivity index (χ1v) is 8.44. The summed E-state index contributed by atoms with van der Waals surface area (Å²) in [6.07, 6.45) is 0.802. The lowest BCUT2D eigenvalue weighted by atomic mass is 10.1. The largest absolute Gasteiger partial charge is 0.495 e. The number of ether oxygens (including phenoxy) is 1. The van der Waals surface area contributed by atoms with Crippen LogP contribution in [0, 0.1) is 0 Å². The average Bonchev–Trinajstić information content (AvgIpc) is 2.87. The van der Waals surface area contributed by atoms with E-state index < -0.39 is 6.04 Å². The highest BCUT2D eigenvalue weighted by atomic mass is 35.5. The van der Waals surface area contributed by atoms with Crippen LogP contribution in [0.5, 0.6) is 5.75 Å². The van der Waals surface area contributed by atoms with E-state index in [-0.39, 0.29) is 18.2 Å². The molecule has 0 aromatic heterocycles. The molecule has 1 aliphatic heterocycles. The van der Waals surface area contributed by atoms with Gasteiger partial charge in [-0.3, -0.25) is 14.5 Å². The number of rotatable bonds is 6. The molecule has 6 heteroatoms. The van der Waals surface area contributed by atoms with E-state index in [1.807, 2.05) is 30.3 Å². The summed E-state index contributed by atoms with van der Waals surface area (Å²) in [6.45, 7) is 0.392. The van der Waals surface area contributed by atoms with Gasteiger partial charge in [-0.15, -0.1) is 0 Å². The van der Waals surface area contributed by atoms with E-state index in [2.05, 4.69) is 5.32 Å². The molecule has 1 N–H and O–H groups in total. The molecule has 1 heterocycles. The number of methoxy groups -OCH3 is 1. The molecule has 0 spiro atoms. The lowest BCUT2D eigenvalue weighted by molar-refractivity contribution is -0.138. The maximum absolute atomic E-state index is 12.5. The Kier molecular flexibility index (Phi) is 5.24. The van der Waals surface area contributed by atoms with Gasteiger partial charge in [0.2, 0.25) is 5.91 Å². The smallest absolute Gasteiger partial charge is 0.252 e. The third-order valence-electron chi connectivity index (χ3n) is 4.20. The van der Waals surface area contributed by atoms with Crippen molar-refractivity contribution in [1.29, 1.82) is 0 Å². The van der Waals surface area contributed by atoms with Gasteiger partial charge in [-0.2, -0.15) is 0 Å². The summed E-state index contributed by atoms with van der Waals surface area (Å²) >= 11 is 6.10. The normalized spacial score (nSPS) is 17.0. The second-order valence-corrected chi connectivity index (χ2v) is 6.28. The summed E-state index contributed by atoms with van der Waals surface area (Å²) in [5, 5.41) is 3.54. The topological polar surface area (TPSA) is 58.6 Å². The van der Waals surface area contributed by atoms with E-state index in [0.29, 0.717) is 29.4 Å². The number of nitrogens with zero attached hydrogens (tertiary/aromatic N) is 1. The lowest BCUT2D eigenvalue weighted by Gasteiger charge is -2.16. The van der Waals surface area contributed by atoms with E-state index in [0.717, 1.165) is 5.56 Å². The van der Waals surface area contributed by atoms with Crippen LogP contribution in [-0.2, 0) is 16.0 Å². The van der Waals surface area contributed by atoms with Crippen molar-refractivity contribution in [3.8, 4) is 5.75 Å². The van der Waals surface area contributed by atoms with Crippen LogP contribution in [0.4, 0.5) is 5.69 Å². The van der Waals surface area contributed by atoms with Gasteiger partial charge < -0.3 is 10.1 Å². The molecule has 0 saturated carbocycles. The minimum Gasteiger partial charge on any atom is -0.495 e. The van der Waals surface area contributed by atoms with E-state index in [1.165, 1.54) is 12.0 Å². The van der Waals surface area contributed by atoms with Gasteiger partial charge in [0.15, 0.2) is 0 Å². The van der Waals surface area contributed by atoms with E-state index in [1.54, 1.807) is 18.2 Å². The van der Waals surface area contributed by atoms with Gasteiger partial charge in [0.25, 0.3) is 5.91 Å². The number of imide groups is 1. The molecule has 130 valence electrons. The number of hydrogen-bond donors (Lipinski definition) is 1. The Hall–Kier alpha value is -2.53. The second-order valence-electron chi connectivity index (χ2n) is 5.87. The Morgan fingerprint density at radius 2 is 1.96 bits per heavy atom. The van der Waals surface area contributed by atoms with Crippen molar-refractivity contribution in [1.82, 2.24) is 4.90 Å². The number of anilines is 1. The molecule has 0 radical (unpaired) electrons. The minimum atomic E-state index is -0.562. The molecule has 1 saturated heterocycles. The van der Waals surface area contributed by atoms with E-state index in [9.17, 15) is 9.59 Å². The fourth-order valence-corrected chi connectivity index (χ4v) is 3.13. The molecule has 2 aromatic rings. The molecule has 1 fully saturated rings. The number of carbonyl (C=O) groups excluding carboxylic acids is 2. The molecule has 0 aliphatic carbocycles. The maximum atomic E-state index is 12.5. The molecular weight excluding hydrogens is 340 g/mol. The van der Waals surface area contributed by atoms with Crippen molar-refractivity contribution in [2.45, 2.75) is 18.9 Å². The number of hydrogen-bond acceptors (Lipinski definition) is 4. The van der Waals surface area contributed by atoms with Gasteiger partial charge in [0.1, 0.15) is 11.8 Å². The summed E-state index contributed by atoms with van der Waals surface area (Å²) in [5.74, 6) is 0.205. The summed E-state index contributed by atoms with van der Waals surface area (Å²) in [6, 6.07) is 14.4. The van der Waals surface area contributed by atoms with E-state index >= 15 is 0 Å². The lowest BCUT2D eigenvalue weighted by Crippen LogP contribution is -2.36. The van der Waals surface area contributed by atoms with Crippen molar-refractivity contribution in [2.75, 3.05) is 19.0 Å². The molecule has 5 nitrogen and oxygen atoms in total. The fourth-order valence-electron chi connectivity index (χ4n) is 2.87. The van der Waals surface area contributed by atoms with Crippen LogP contribution < -0.4 is 10.1 Å². The third kappa shape index (κ3) is 3.94. The highest BCUT2D eigenvalue weighted by molar-refractivity contribution is 6.32. The summed E-state index contributed by atoms with van der Waals surface area (Å²) in [7, 11) is 1.54. The Morgan fingerprint density at radius 3 is 2.64 bits per heavy atom. The van der Waals surface area contributed by atoms with Crippen LogP contribution in [0.3, 0.4) is 0 Å². The standard InChI is InChI=1S/C19H19ClN2O3/c1-25-17-8-7-14(11-15(17)20)21-16-12-18(23)22(19(16)24)10-9-13-5-3-2-4-6-13/h2-8,11,16,21H,9-10,12H2,1H3/t16-/m0/s1. The van der Waals surface area contributed by atoms with Crippen LogP contribution in [0.1, 0.15) is 12.0 Å². The quantitative estimate of drug-likeness (QED) is 0.806. The van der Waals surface area contributed by atoms with Crippen LogP contribution in [0.15, 0.2) is 48.5 Å². The van der Waals surface area contributed by atoms with Crippen molar-refractivity contribution >= 4 is 29.1 Å². The zero-order valence-corrected chi connectivity index (χ0v) is 14.6. The van der Waals surface area contributed by atoms with Gasteiger partial charge in [-0.25, -0.2) is 0 Å². The first-order chi connectivity index (χ1) is 12.1. The molecule has 2 amide bonds. The van der Waals surface area contributed by atoms with Gasteiger partial charge >= 0.3 is 0 Å². The molecule has 1 aliphatic rings. The number of benzene rings is 2. The number of nitrogens with one attached hydrogen (secondary N) is 1. The Balaban J connectivity index is 1.63. The van der Waals surface area contributed by atoms with Crippen LogP contribution in [-0.4, -0.2) is 36.4 Å². The summed E-state index contributed by atoms with van der Waals surface area (Å²) in [5.41, 5.74) is 1.78. The average molecular weight is 359 g/mol. The predicted molar refractivity (Wildman–Crippen MR) is 96.9 cm³/mol. The third-order valence-corrected chi connectivity index (χ3v) is 4.50. The van der Waals surface area contributed by atoms with Crippen molar-refractivity contribution in [3.63, 3.8) is 0 Å². The second kappa shape index (κ2) is 7.57. The predicted octanol–water partition coefficient (Wildman–Crippen LogP) is 3.13. The molecule has 3 rings (SSSR count). The van der Waals surface area contributed by atoms with Gasteiger partial charge in [0.05, 0.1) is 18.6 Å². The molecule has 0 unspecified atom stereocenters. The zero-order valence-electron chi connectivity index (χ0n) is 13.9.